The molecule has 1 amide bonds. The molecule has 0 bridgehead atoms. The van der Waals surface area contributed by atoms with Gasteiger partial charge in [0, 0.05) is 5.69 Å². The van der Waals surface area contributed by atoms with Gasteiger partial charge in [-0.15, -0.1) is 11.3 Å². The van der Waals surface area contributed by atoms with E-state index in [2.05, 4.69) is 10.3 Å². The fourth-order valence-corrected chi connectivity index (χ4v) is 4.45. The lowest BCUT2D eigenvalue weighted by Gasteiger charge is -2.14. The van der Waals surface area contributed by atoms with Crippen LogP contribution in [-0.4, -0.2) is 23.3 Å². The van der Waals surface area contributed by atoms with Gasteiger partial charge in [0.2, 0.25) is 5.91 Å². The molecule has 166 valence electrons. The van der Waals surface area contributed by atoms with Crippen LogP contribution in [0, 0.1) is 0 Å². The smallest absolute Gasteiger partial charge is 0.416 e. The number of thiazole rings is 1. The maximum absolute atomic E-state index is 12.9. The number of alkyl halides is 6. The Morgan fingerprint density at radius 2 is 1.71 bits per heavy atom. The van der Waals surface area contributed by atoms with Crippen LogP contribution < -0.4 is 10.1 Å². The van der Waals surface area contributed by atoms with Gasteiger partial charge in [-0.1, -0.05) is 11.8 Å². The Balaban J connectivity index is 1.71. The first-order valence-electron chi connectivity index (χ1n) is 8.71. The molecule has 0 aliphatic carbocycles. The Hall–Kier alpha value is -2.47. The molecule has 0 fully saturated rings. The van der Waals surface area contributed by atoms with Gasteiger partial charge in [0.15, 0.2) is 4.34 Å². The van der Waals surface area contributed by atoms with Gasteiger partial charge < -0.3 is 10.1 Å². The third-order valence-electron chi connectivity index (χ3n) is 3.85. The van der Waals surface area contributed by atoms with Crippen LogP contribution in [-0.2, 0) is 17.1 Å². The van der Waals surface area contributed by atoms with Gasteiger partial charge in [0.1, 0.15) is 5.75 Å². The molecule has 0 spiro atoms. The molecule has 1 heterocycles. The van der Waals surface area contributed by atoms with Crippen molar-refractivity contribution in [1.82, 2.24) is 4.98 Å². The third-order valence-corrected chi connectivity index (χ3v) is 6.01. The van der Waals surface area contributed by atoms with Gasteiger partial charge in [-0.3, -0.25) is 4.79 Å². The van der Waals surface area contributed by atoms with Crippen molar-refractivity contribution in [2.75, 3.05) is 17.7 Å². The van der Waals surface area contributed by atoms with E-state index in [1.165, 1.54) is 11.3 Å². The molecule has 0 saturated heterocycles. The fourth-order valence-electron chi connectivity index (χ4n) is 2.55. The Morgan fingerprint density at radius 1 is 1.06 bits per heavy atom. The number of aromatic nitrogens is 1. The molecule has 0 aliphatic rings. The highest BCUT2D eigenvalue weighted by atomic mass is 32.2. The molecule has 4 nitrogen and oxygen atoms in total. The zero-order chi connectivity index (χ0) is 22.8. The largest absolute Gasteiger partial charge is 0.494 e. The summed E-state index contributed by atoms with van der Waals surface area (Å²) >= 11 is 2.31. The van der Waals surface area contributed by atoms with Crippen LogP contribution in [0.4, 0.5) is 32.0 Å². The summed E-state index contributed by atoms with van der Waals surface area (Å²) in [5, 5.41) is 2.09. The normalized spacial score (nSPS) is 12.2. The zero-order valence-electron chi connectivity index (χ0n) is 15.7. The number of benzene rings is 2. The SMILES string of the molecule is CCOc1ccc2nc(SCC(=O)Nc3cc(C(F)(F)F)cc(C(F)(F)F)c3)sc2c1. The molecule has 3 aromatic rings. The lowest BCUT2D eigenvalue weighted by Crippen LogP contribution is -2.17. The number of nitrogens with one attached hydrogen (secondary N) is 1. The molecule has 2 aromatic carbocycles. The number of carbonyl (C=O) groups excluding carboxylic acids is 1. The molecular formula is C19H14F6N2O2S2. The summed E-state index contributed by atoms with van der Waals surface area (Å²) < 4.78 is 84.3. The van der Waals surface area contributed by atoms with Gasteiger partial charge in [-0.05, 0) is 43.3 Å². The zero-order valence-corrected chi connectivity index (χ0v) is 17.4. The first-order valence-corrected chi connectivity index (χ1v) is 10.5. The first-order chi connectivity index (χ1) is 14.5. The Labute approximate surface area is 180 Å². The molecule has 0 unspecified atom stereocenters. The minimum absolute atomic E-state index is 0.00203. The average molecular weight is 480 g/mol. The highest BCUT2D eigenvalue weighted by Gasteiger charge is 2.37. The van der Waals surface area contributed by atoms with E-state index in [9.17, 15) is 31.1 Å². The van der Waals surface area contributed by atoms with Crippen LogP contribution in [0.15, 0.2) is 40.7 Å². The van der Waals surface area contributed by atoms with Gasteiger partial charge in [0.25, 0.3) is 0 Å². The van der Waals surface area contributed by atoms with Crippen molar-refractivity contribution in [3.63, 3.8) is 0 Å². The lowest BCUT2D eigenvalue weighted by molar-refractivity contribution is -0.143. The first kappa shape index (κ1) is 23.2. The minimum Gasteiger partial charge on any atom is -0.494 e. The number of thioether (sulfide) groups is 1. The molecule has 12 heteroatoms. The predicted molar refractivity (Wildman–Crippen MR) is 107 cm³/mol. The van der Waals surface area contributed by atoms with Crippen LogP contribution in [0.5, 0.6) is 5.75 Å². The van der Waals surface area contributed by atoms with Gasteiger partial charge in [0.05, 0.1) is 33.7 Å². The third kappa shape index (κ3) is 6.03. The number of fused-ring (bicyclic) bond motifs is 1. The number of nitrogens with zero attached hydrogens (tertiary/aromatic N) is 1. The molecule has 31 heavy (non-hydrogen) atoms. The van der Waals surface area contributed by atoms with E-state index in [-0.39, 0.29) is 11.8 Å². The number of halogens is 6. The molecule has 1 aromatic heterocycles. The summed E-state index contributed by atoms with van der Waals surface area (Å²) in [4.78, 5) is 16.5. The van der Waals surface area contributed by atoms with Crippen LogP contribution in [0.2, 0.25) is 0 Å². The summed E-state index contributed by atoms with van der Waals surface area (Å²) in [6.45, 7) is 2.34. The van der Waals surface area contributed by atoms with Crippen molar-refractivity contribution >= 4 is 44.9 Å². The maximum atomic E-state index is 12.9. The minimum atomic E-state index is -4.99. The highest BCUT2D eigenvalue weighted by molar-refractivity contribution is 8.01. The topological polar surface area (TPSA) is 51.2 Å². The number of carbonyl (C=O) groups is 1. The number of hydrogen-bond acceptors (Lipinski definition) is 5. The van der Waals surface area contributed by atoms with Crippen molar-refractivity contribution in [2.24, 2.45) is 0 Å². The van der Waals surface area contributed by atoms with Crippen molar-refractivity contribution < 1.29 is 35.9 Å². The predicted octanol–water partition coefficient (Wildman–Crippen LogP) is 6.46. The second-order valence-corrected chi connectivity index (χ2v) is 8.43. The molecule has 0 aliphatic heterocycles. The highest BCUT2D eigenvalue weighted by Crippen LogP contribution is 2.38. The van der Waals surface area contributed by atoms with E-state index in [0.29, 0.717) is 34.3 Å². The molecule has 0 saturated carbocycles. The second kappa shape index (κ2) is 8.95. The van der Waals surface area contributed by atoms with E-state index >= 15 is 0 Å². The number of rotatable bonds is 6. The van der Waals surface area contributed by atoms with E-state index < -0.39 is 35.1 Å². The maximum Gasteiger partial charge on any atom is 0.416 e. The summed E-state index contributed by atoms with van der Waals surface area (Å²) in [6.07, 6.45) is -9.98. The van der Waals surface area contributed by atoms with Gasteiger partial charge >= 0.3 is 12.4 Å². The van der Waals surface area contributed by atoms with Crippen LogP contribution in [0.3, 0.4) is 0 Å². The molecule has 1 N–H and O–H groups in total. The summed E-state index contributed by atoms with van der Waals surface area (Å²) in [5.41, 5.74) is -2.90. The van der Waals surface area contributed by atoms with Crippen molar-refractivity contribution in [3.05, 3.63) is 47.5 Å². The Bertz CT molecular complexity index is 1060. The van der Waals surface area contributed by atoms with Crippen molar-refractivity contribution in [2.45, 2.75) is 23.6 Å². The number of anilines is 1. The van der Waals surface area contributed by atoms with Crippen molar-refractivity contribution in [3.8, 4) is 5.75 Å². The Morgan fingerprint density at radius 3 is 2.29 bits per heavy atom. The molecule has 0 atom stereocenters. The van der Waals surface area contributed by atoms with E-state index in [0.717, 1.165) is 16.5 Å². The van der Waals surface area contributed by atoms with E-state index in [4.69, 9.17) is 4.74 Å². The monoisotopic (exact) mass is 480 g/mol. The van der Waals surface area contributed by atoms with Gasteiger partial charge in [-0.2, -0.15) is 26.3 Å². The quantitative estimate of drug-likeness (QED) is 0.325. The van der Waals surface area contributed by atoms with Crippen LogP contribution >= 0.6 is 23.1 Å². The Kier molecular flexibility index (Phi) is 6.70. The number of amides is 1. The number of hydrogen-bond donors (Lipinski definition) is 1. The summed E-state index contributed by atoms with van der Waals surface area (Å²) in [5.74, 6) is -0.333. The lowest BCUT2D eigenvalue weighted by atomic mass is 10.1. The fraction of sp³-hybridized carbons (Fsp3) is 0.263. The van der Waals surface area contributed by atoms with Crippen molar-refractivity contribution in [1.29, 1.82) is 0 Å². The number of ether oxygens (including phenoxy) is 1. The van der Waals surface area contributed by atoms with E-state index in [1.54, 1.807) is 18.2 Å². The molecule has 3 rings (SSSR count). The van der Waals surface area contributed by atoms with Crippen LogP contribution in [0.1, 0.15) is 18.1 Å². The van der Waals surface area contributed by atoms with Crippen LogP contribution in [0.25, 0.3) is 10.2 Å². The van der Waals surface area contributed by atoms with Gasteiger partial charge in [-0.25, -0.2) is 4.98 Å². The average Bonchev–Trinajstić information content (AvgIpc) is 3.07. The summed E-state index contributed by atoms with van der Waals surface area (Å²) in [7, 11) is 0. The molecular weight excluding hydrogens is 466 g/mol. The second-order valence-electron chi connectivity index (χ2n) is 6.17. The molecule has 0 radical (unpaired) electrons. The van der Waals surface area contributed by atoms with E-state index in [1.807, 2.05) is 6.92 Å². The summed E-state index contributed by atoms with van der Waals surface area (Å²) in [6, 6.07) is 6.22. The standard InChI is InChI=1S/C19H14F6N2O2S2/c1-2-29-13-3-4-14-15(8-13)31-17(27-14)30-9-16(28)26-12-6-10(18(20,21)22)5-11(7-12)19(23,24)25/h3-8H,2,9H2,1H3,(H,26,28).